The third-order valence-electron chi connectivity index (χ3n) is 5.08. The molecule has 2 aromatic carbocycles. The molecule has 0 radical (unpaired) electrons. The van der Waals surface area contributed by atoms with Gasteiger partial charge in [-0.05, 0) is 56.0 Å². The number of ether oxygens (including phenoxy) is 1. The predicted molar refractivity (Wildman–Crippen MR) is 109 cm³/mol. The van der Waals surface area contributed by atoms with E-state index in [1.165, 1.54) is 4.31 Å². The van der Waals surface area contributed by atoms with Crippen LogP contribution in [0.25, 0.3) is 0 Å². The molecule has 0 saturated carbocycles. The van der Waals surface area contributed by atoms with Gasteiger partial charge >= 0.3 is 0 Å². The minimum Gasteiger partial charge on any atom is -0.495 e. The Hall–Kier alpha value is -2.38. The Balaban J connectivity index is 1.78. The highest BCUT2D eigenvalue weighted by atomic mass is 32.2. The van der Waals surface area contributed by atoms with E-state index >= 15 is 0 Å². The summed E-state index contributed by atoms with van der Waals surface area (Å²) < 4.78 is 33.0. The minimum atomic E-state index is -3.64. The number of hydrogen-bond donors (Lipinski definition) is 1. The van der Waals surface area contributed by atoms with E-state index in [4.69, 9.17) is 4.74 Å². The number of nitrogens with one attached hydrogen (secondary N) is 1. The topological polar surface area (TPSA) is 75.7 Å². The molecule has 6 nitrogen and oxygen atoms in total. The largest absolute Gasteiger partial charge is 0.495 e. The maximum absolute atomic E-state index is 13.2. The number of sulfonamides is 1. The number of methoxy groups -OCH3 is 1. The molecule has 1 atom stereocenters. The van der Waals surface area contributed by atoms with Crippen LogP contribution >= 0.6 is 0 Å². The second kappa shape index (κ2) is 8.32. The Morgan fingerprint density at radius 1 is 1.18 bits per heavy atom. The van der Waals surface area contributed by atoms with Crippen LogP contribution in [0.15, 0.2) is 47.4 Å². The molecule has 2 aromatic rings. The number of anilines is 1. The van der Waals surface area contributed by atoms with Crippen molar-refractivity contribution < 1.29 is 17.9 Å². The van der Waals surface area contributed by atoms with Gasteiger partial charge < -0.3 is 10.1 Å². The number of amides is 1. The molecule has 1 saturated heterocycles. The standard InChI is InChI=1S/C21H26N2O4S/c1-15-10-11-16(2)20(13-15)28(25,26)23-12-6-7-17(14-23)21(24)22-18-8-4-5-9-19(18)27-3/h4-5,8-11,13,17H,6-7,12,14H2,1-3H3,(H,22,24). The van der Waals surface area contributed by atoms with Gasteiger partial charge in [0.15, 0.2) is 0 Å². The van der Waals surface area contributed by atoms with Crippen LogP contribution in [-0.2, 0) is 14.8 Å². The van der Waals surface area contributed by atoms with Crippen molar-refractivity contribution in [2.75, 3.05) is 25.5 Å². The molecule has 0 aromatic heterocycles. The first-order valence-electron chi connectivity index (χ1n) is 9.34. The molecule has 1 aliphatic heterocycles. The number of carbonyl (C=O) groups excluding carboxylic acids is 1. The summed E-state index contributed by atoms with van der Waals surface area (Å²) in [5.74, 6) is -0.0181. The molecule has 1 unspecified atom stereocenters. The SMILES string of the molecule is COc1ccccc1NC(=O)C1CCCN(S(=O)(=O)c2cc(C)ccc2C)C1. The van der Waals surface area contributed by atoms with Crippen molar-refractivity contribution in [1.82, 2.24) is 4.31 Å². The summed E-state index contributed by atoms with van der Waals surface area (Å²) in [6.45, 7) is 4.27. The highest BCUT2D eigenvalue weighted by Crippen LogP contribution is 2.28. The molecule has 1 amide bonds. The lowest BCUT2D eigenvalue weighted by atomic mass is 9.98. The summed E-state index contributed by atoms with van der Waals surface area (Å²) in [5, 5.41) is 2.88. The minimum absolute atomic E-state index is 0.177. The van der Waals surface area contributed by atoms with Gasteiger partial charge in [0.25, 0.3) is 0 Å². The van der Waals surface area contributed by atoms with E-state index in [0.29, 0.717) is 41.3 Å². The smallest absolute Gasteiger partial charge is 0.243 e. The van der Waals surface area contributed by atoms with E-state index in [1.54, 1.807) is 32.2 Å². The number of rotatable bonds is 5. The maximum atomic E-state index is 13.2. The Labute approximate surface area is 166 Å². The fourth-order valence-electron chi connectivity index (χ4n) is 3.48. The van der Waals surface area contributed by atoms with Gasteiger partial charge in [0.1, 0.15) is 5.75 Å². The summed E-state index contributed by atoms with van der Waals surface area (Å²) in [6.07, 6.45) is 1.30. The third-order valence-corrected chi connectivity index (χ3v) is 7.09. The fraction of sp³-hybridized carbons (Fsp3) is 0.381. The fourth-order valence-corrected chi connectivity index (χ4v) is 5.32. The van der Waals surface area contributed by atoms with Crippen molar-refractivity contribution in [1.29, 1.82) is 0 Å². The van der Waals surface area contributed by atoms with E-state index in [-0.39, 0.29) is 12.5 Å². The average Bonchev–Trinajstić information content (AvgIpc) is 2.70. The Morgan fingerprint density at radius 3 is 2.68 bits per heavy atom. The summed E-state index contributed by atoms with van der Waals surface area (Å²) in [7, 11) is -2.09. The Morgan fingerprint density at radius 2 is 1.93 bits per heavy atom. The van der Waals surface area contributed by atoms with Gasteiger partial charge in [-0.2, -0.15) is 4.31 Å². The van der Waals surface area contributed by atoms with Crippen LogP contribution in [0.3, 0.4) is 0 Å². The van der Waals surface area contributed by atoms with Gasteiger partial charge in [-0.25, -0.2) is 8.42 Å². The summed E-state index contributed by atoms with van der Waals surface area (Å²) in [4.78, 5) is 13.1. The monoisotopic (exact) mass is 402 g/mol. The Bertz CT molecular complexity index is 972. The zero-order valence-corrected chi connectivity index (χ0v) is 17.3. The van der Waals surface area contributed by atoms with Crippen LogP contribution in [0, 0.1) is 19.8 Å². The molecule has 7 heteroatoms. The number of piperidine rings is 1. The van der Waals surface area contributed by atoms with Crippen LogP contribution in [0.5, 0.6) is 5.75 Å². The van der Waals surface area contributed by atoms with Crippen molar-refractivity contribution in [2.24, 2.45) is 5.92 Å². The van der Waals surface area contributed by atoms with Crippen LogP contribution < -0.4 is 10.1 Å². The quantitative estimate of drug-likeness (QED) is 0.832. The molecule has 1 aliphatic rings. The van der Waals surface area contributed by atoms with Gasteiger partial charge in [-0.1, -0.05) is 24.3 Å². The first-order valence-corrected chi connectivity index (χ1v) is 10.8. The van der Waals surface area contributed by atoms with Crippen LogP contribution in [-0.4, -0.2) is 38.8 Å². The van der Waals surface area contributed by atoms with E-state index in [0.717, 1.165) is 5.56 Å². The molecule has 0 spiro atoms. The number of carbonyl (C=O) groups is 1. The normalized spacial score (nSPS) is 17.9. The van der Waals surface area contributed by atoms with Crippen LogP contribution in [0.1, 0.15) is 24.0 Å². The van der Waals surface area contributed by atoms with Crippen LogP contribution in [0.2, 0.25) is 0 Å². The van der Waals surface area contributed by atoms with E-state index < -0.39 is 15.9 Å². The average molecular weight is 403 g/mol. The lowest BCUT2D eigenvalue weighted by Crippen LogP contribution is -2.43. The van der Waals surface area contributed by atoms with Gasteiger partial charge in [-0.15, -0.1) is 0 Å². The van der Waals surface area contributed by atoms with E-state index in [2.05, 4.69) is 5.32 Å². The number of aryl methyl sites for hydroxylation is 2. The second-order valence-electron chi connectivity index (χ2n) is 7.16. The Kier molecular flexibility index (Phi) is 6.05. The maximum Gasteiger partial charge on any atom is 0.243 e. The molecule has 0 bridgehead atoms. The van der Waals surface area contributed by atoms with E-state index in [9.17, 15) is 13.2 Å². The second-order valence-corrected chi connectivity index (χ2v) is 9.07. The molecular weight excluding hydrogens is 376 g/mol. The first kappa shape index (κ1) is 20.4. The number of benzene rings is 2. The summed E-state index contributed by atoms with van der Waals surface area (Å²) in [6, 6.07) is 12.6. The van der Waals surface area contributed by atoms with Gasteiger partial charge in [-0.3, -0.25) is 4.79 Å². The first-order chi connectivity index (χ1) is 13.3. The molecule has 1 N–H and O–H groups in total. The van der Waals surface area contributed by atoms with Crippen molar-refractivity contribution in [3.63, 3.8) is 0 Å². The highest BCUT2D eigenvalue weighted by molar-refractivity contribution is 7.89. The van der Waals surface area contributed by atoms with Gasteiger partial charge in [0.05, 0.1) is 23.6 Å². The van der Waals surface area contributed by atoms with Crippen molar-refractivity contribution in [3.8, 4) is 5.75 Å². The highest BCUT2D eigenvalue weighted by Gasteiger charge is 2.34. The van der Waals surface area contributed by atoms with Crippen LogP contribution in [0.4, 0.5) is 5.69 Å². The summed E-state index contributed by atoms with van der Waals surface area (Å²) in [5.41, 5.74) is 2.20. The van der Waals surface area contributed by atoms with Gasteiger partial charge in [0, 0.05) is 13.1 Å². The molecule has 28 heavy (non-hydrogen) atoms. The zero-order chi connectivity index (χ0) is 20.3. The molecule has 150 valence electrons. The number of nitrogens with zero attached hydrogens (tertiary/aromatic N) is 1. The zero-order valence-electron chi connectivity index (χ0n) is 16.4. The van der Waals surface area contributed by atoms with Crippen molar-refractivity contribution >= 4 is 21.6 Å². The molecule has 1 fully saturated rings. The van der Waals surface area contributed by atoms with E-state index in [1.807, 2.05) is 31.2 Å². The molecule has 3 rings (SSSR count). The molecular formula is C21H26N2O4S. The molecule has 1 heterocycles. The lowest BCUT2D eigenvalue weighted by molar-refractivity contribution is -0.120. The third kappa shape index (κ3) is 4.20. The number of para-hydroxylation sites is 2. The van der Waals surface area contributed by atoms with Crippen molar-refractivity contribution in [3.05, 3.63) is 53.6 Å². The lowest BCUT2D eigenvalue weighted by Gasteiger charge is -2.31. The predicted octanol–water partition coefficient (Wildman–Crippen LogP) is 3.35. The van der Waals surface area contributed by atoms with Gasteiger partial charge in [0.2, 0.25) is 15.9 Å². The summed E-state index contributed by atoms with van der Waals surface area (Å²) >= 11 is 0. The number of hydrogen-bond acceptors (Lipinski definition) is 4. The molecule has 0 aliphatic carbocycles. The van der Waals surface area contributed by atoms with Crippen molar-refractivity contribution in [2.45, 2.75) is 31.6 Å².